The Balaban J connectivity index is 2.27. The van der Waals surface area contributed by atoms with E-state index in [4.69, 9.17) is 9.47 Å². The van der Waals surface area contributed by atoms with Crippen LogP contribution in [0.2, 0.25) is 0 Å². The van der Waals surface area contributed by atoms with E-state index < -0.39 is 5.54 Å². The van der Waals surface area contributed by atoms with Crippen molar-refractivity contribution in [2.24, 2.45) is 11.8 Å². The summed E-state index contributed by atoms with van der Waals surface area (Å²) in [5, 5.41) is 3.08. The van der Waals surface area contributed by atoms with Crippen LogP contribution < -0.4 is 5.32 Å². The van der Waals surface area contributed by atoms with Crippen LogP contribution in [0.5, 0.6) is 0 Å². The number of likely N-dealkylation sites (N-methyl/N-ethyl adjacent to an activating group) is 1. The molecular formula is C17H33NO3. The normalized spacial score (nSPS) is 28.9. The van der Waals surface area contributed by atoms with Crippen molar-refractivity contribution in [1.29, 1.82) is 0 Å². The maximum atomic E-state index is 11.9. The van der Waals surface area contributed by atoms with Gasteiger partial charge in [-0.15, -0.1) is 0 Å². The molecule has 0 aliphatic heterocycles. The highest BCUT2D eigenvalue weighted by atomic mass is 16.5. The molecule has 1 rings (SSSR count). The van der Waals surface area contributed by atoms with Crippen LogP contribution in [-0.4, -0.2) is 37.9 Å². The smallest absolute Gasteiger partial charge is 0.326 e. The van der Waals surface area contributed by atoms with E-state index in [-0.39, 0.29) is 5.97 Å². The van der Waals surface area contributed by atoms with Gasteiger partial charge in [0.25, 0.3) is 0 Å². The van der Waals surface area contributed by atoms with Gasteiger partial charge in [0.1, 0.15) is 5.54 Å². The Hall–Kier alpha value is -0.610. The van der Waals surface area contributed by atoms with Gasteiger partial charge in [0.05, 0.1) is 12.7 Å². The van der Waals surface area contributed by atoms with Crippen molar-refractivity contribution in [3.8, 4) is 0 Å². The summed E-state index contributed by atoms with van der Waals surface area (Å²) in [4.78, 5) is 11.9. The van der Waals surface area contributed by atoms with E-state index in [2.05, 4.69) is 19.2 Å². The summed E-state index contributed by atoms with van der Waals surface area (Å²) in [7, 11) is 1.81. The molecule has 4 nitrogen and oxygen atoms in total. The molecule has 0 aromatic carbocycles. The van der Waals surface area contributed by atoms with Crippen LogP contribution in [0.1, 0.15) is 59.8 Å². The van der Waals surface area contributed by atoms with E-state index >= 15 is 0 Å². The molecule has 0 aromatic heterocycles. The van der Waals surface area contributed by atoms with Crippen molar-refractivity contribution in [3.05, 3.63) is 0 Å². The molecule has 0 saturated heterocycles. The molecule has 0 amide bonds. The average molecular weight is 299 g/mol. The number of carbonyl (C=O) groups is 1. The van der Waals surface area contributed by atoms with Gasteiger partial charge >= 0.3 is 5.97 Å². The Kier molecular flexibility index (Phi) is 7.67. The Morgan fingerprint density at radius 2 is 2.00 bits per heavy atom. The fraction of sp³-hybridized carbons (Fsp3) is 0.941. The molecule has 0 aromatic rings. The minimum Gasteiger partial charge on any atom is -0.465 e. The first-order valence-electron chi connectivity index (χ1n) is 8.40. The van der Waals surface area contributed by atoms with Gasteiger partial charge in [-0.3, -0.25) is 4.79 Å². The van der Waals surface area contributed by atoms with Crippen LogP contribution in [0.4, 0.5) is 0 Å². The highest BCUT2D eigenvalue weighted by Gasteiger charge is 2.32. The van der Waals surface area contributed by atoms with Crippen molar-refractivity contribution in [2.75, 3.05) is 20.3 Å². The number of hydrogen-bond acceptors (Lipinski definition) is 4. The molecule has 0 bridgehead atoms. The lowest BCUT2D eigenvalue weighted by atomic mass is 9.80. The number of rotatable bonds is 8. The SMILES string of the molecule is CCOC(=O)C(C)(CCCOC1CCC(C)C(C)C1)NC. The summed E-state index contributed by atoms with van der Waals surface area (Å²) < 4.78 is 11.1. The molecular weight excluding hydrogens is 266 g/mol. The Morgan fingerprint density at radius 3 is 2.57 bits per heavy atom. The number of nitrogens with one attached hydrogen (secondary N) is 1. The Morgan fingerprint density at radius 1 is 1.29 bits per heavy atom. The molecule has 124 valence electrons. The van der Waals surface area contributed by atoms with E-state index in [1.54, 1.807) is 0 Å². The monoisotopic (exact) mass is 299 g/mol. The molecule has 1 fully saturated rings. The van der Waals surface area contributed by atoms with E-state index in [1.165, 1.54) is 19.3 Å². The largest absolute Gasteiger partial charge is 0.465 e. The third kappa shape index (κ3) is 5.59. The van der Waals surface area contributed by atoms with Gasteiger partial charge < -0.3 is 14.8 Å². The van der Waals surface area contributed by atoms with Gasteiger partial charge in [-0.2, -0.15) is 0 Å². The summed E-state index contributed by atoms with van der Waals surface area (Å²) in [6.45, 7) is 9.53. The van der Waals surface area contributed by atoms with Gasteiger partial charge in [0, 0.05) is 6.61 Å². The zero-order chi connectivity index (χ0) is 15.9. The van der Waals surface area contributed by atoms with Crippen LogP contribution in [-0.2, 0) is 14.3 Å². The summed E-state index contributed by atoms with van der Waals surface area (Å²) in [6, 6.07) is 0. The van der Waals surface area contributed by atoms with Gasteiger partial charge in [0.15, 0.2) is 0 Å². The lowest BCUT2D eigenvalue weighted by molar-refractivity contribution is -0.150. The maximum Gasteiger partial charge on any atom is 0.326 e. The fourth-order valence-corrected chi connectivity index (χ4v) is 2.94. The van der Waals surface area contributed by atoms with E-state index in [0.29, 0.717) is 12.7 Å². The Bertz CT molecular complexity index is 321. The van der Waals surface area contributed by atoms with Crippen LogP contribution in [0.25, 0.3) is 0 Å². The van der Waals surface area contributed by atoms with Gasteiger partial charge in [-0.1, -0.05) is 13.8 Å². The minimum absolute atomic E-state index is 0.174. The van der Waals surface area contributed by atoms with E-state index in [0.717, 1.165) is 31.3 Å². The summed E-state index contributed by atoms with van der Waals surface area (Å²) in [6.07, 6.45) is 5.62. The van der Waals surface area contributed by atoms with E-state index in [1.807, 2.05) is 20.9 Å². The maximum absolute atomic E-state index is 11.9. The molecule has 21 heavy (non-hydrogen) atoms. The van der Waals surface area contributed by atoms with Crippen molar-refractivity contribution >= 4 is 5.97 Å². The first-order chi connectivity index (χ1) is 9.92. The van der Waals surface area contributed by atoms with Crippen molar-refractivity contribution < 1.29 is 14.3 Å². The second-order valence-electron chi connectivity index (χ2n) is 6.67. The molecule has 0 radical (unpaired) electrons. The molecule has 1 aliphatic carbocycles. The number of hydrogen-bond donors (Lipinski definition) is 1. The highest BCUT2D eigenvalue weighted by molar-refractivity contribution is 5.80. The zero-order valence-electron chi connectivity index (χ0n) is 14.4. The molecule has 4 atom stereocenters. The number of ether oxygens (including phenoxy) is 2. The van der Waals surface area contributed by atoms with Gasteiger partial charge in [-0.05, 0) is 64.8 Å². The first kappa shape index (κ1) is 18.4. The van der Waals surface area contributed by atoms with Crippen LogP contribution >= 0.6 is 0 Å². The quantitative estimate of drug-likeness (QED) is 0.552. The average Bonchev–Trinajstić information content (AvgIpc) is 2.47. The summed E-state index contributed by atoms with van der Waals surface area (Å²) in [5.41, 5.74) is -0.603. The standard InChI is InChI=1S/C17H33NO3/c1-6-20-16(19)17(4,18-5)10-7-11-21-15-9-8-13(2)14(3)12-15/h13-15,18H,6-12H2,1-5H3. The van der Waals surface area contributed by atoms with E-state index in [9.17, 15) is 4.79 Å². The molecule has 1 N–H and O–H groups in total. The molecule has 4 heteroatoms. The molecule has 0 heterocycles. The molecule has 1 saturated carbocycles. The van der Waals surface area contributed by atoms with Crippen LogP contribution in [0.15, 0.2) is 0 Å². The van der Waals surface area contributed by atoms with Gasteiger partial charge in [-0.25, -0.2) is 0 Å². The Labute approximate surface area is 130 Å². The van der Waals surface area contributed by atoms with Crippen molar-refractivity contribution in [2.45, 2.75) is 71.4 Å². The molecule has 1 aliphatic rings. The minimum atomic E-state index is -0.603. The predicted molar refractivity (Wildman–Crippen MR) is 85.3 cm³/mol. The van der Waals surface area contributed by atoms with Crippen LogP contribution in [0.3, 0.4) is 0 Å². The topological polar surface area (TPSA) is 47.6 Å². The lowest BCUT2D eigenvalue weighted by Gasteiger charge is -2.32. The number of esters is 1. The third-order valence-corrected chi connectivity index (χ3v) is 5.00. The lowest BCUT2D eigenvalue weighted by Crippen LogP contribution is -2.48. The third-order valence-electron chi connectivity index (χ3n) is 5.00. The first-order valence-corrected chi connectivity index (χ1v) is 8.40. The summed E-state index contributed by atoms with van der Waals surface area (Å²) in [5.74, 6) is 1.40. The predicted octanol–water partition coefficient (Wildman–Crippen LogP) is 3.15. The summed E-state index contributed by atoms with van der Waals surface area (Å²) >= 11 is 0. The fourth-order valence-electron chi connectivity index (χ4n) is 2.94. The highest BCUT2D eigenvalue weighted by Crippen LogP contribution is 2.31. The van der Waals surface area contributed by atoms with Crippen molar-refractivity contribution in [1.82, 2.24) is 5.32 Å². The van der Waals surface area contributed by atoms with Gasteiger partial charge in [0.2, 0.25) is 0 Å². The molecule has 4 unspecified atom stereocenters. The zero-order valence-corrected chi connectivity index (χ0v) is 14.4. The van der Waals surface area contributed by atoms with Crippen molar-refractivity contribution in [3.63, 3.8) is 0 Å². The second kappa shape index (κ2) is 8.74. The van der Waals surface area contributed by atoms with Crippen LogP contribution in [0, 0.1) is 11.8 Å². The number of carbonyl (C=O) groups excluding carboxylic acids is 1. The second-order valence-corrected chi connectivity index (χ2v) is 6.67. The molecule has 0 spiro atoms.